The van der Waals surface area contributed by atoms with Crippen LogP contribution in [0.15, 0.2) is 63.8 Å². The van der Waals surface area contributed by atoms with Gasteiger partial charge in [-0.15, -0.1) is 0 Å². The van der Waals surface area contributed by atoms with Crippen molar-refractivity contribution in [1.82, 2.24) is 25.2 Å². The van der Waals surface area contributed by atoms with Gasteiger partial charge in [-0.3, -0.25) is 19.2 Å². The van der Waals surface area contributed by atoms with Gasteiger partial charge in [0, 0.05) is 40.3 Å². The lowest BCUT2D eigenvalue weighted by molar-refractivity contribution is -0.160. The second-order valence-corrected chi connectivity index (χ2v) is 11.5. The van der Waals surface area contributed by atoms with Crippen molar-refractivity contribution in [3.05, 3.63) is 70.7 Å². The second-order valence-electron chi connectivity index (χ2n) is 10.6. The van der Waals surface area contributed by atoms with E-state index in [9.17, 15) is 18.8 Å². The third kappa shape index (κ3) is 5.96. The number of primary amides is 1. The van der Waals surface area contributed by atoms with Crippen LogP contribution >= 0.6 is 15.9 Å². The standard InChI is InChI=1S/C28H28BrFN8O5/c29-16-2-1-3-18(8-16)33-26(40)23-9-17(30)12-37(23)28(14-42-15-28)13-38-22-5-4-19(10-21(22)24(35-38)25(31)39)34-27(41)32-11-20-6-7-43-36-20/h1-8,10,17,23H,9,11-15H2,(H2,31,39)(H,33,40)(H2,32,34,41)/t17-,23+/m1/s1. The molecule has 4 aromatic rings. The first kappa shape index (κ1) is 28.8. The van der Waals surface area contributed by atoms with Crippen LogP contribution < -0.4 is 21.7 Å². The molecule has 2 aliphatic heterocycles. The topological polar surface area (TPSA) is 170 Å². The number of alkyl halides is 1. The molecule has 4 heterocycles. The van der Waals surface area contributed by atoms with E-state index in [4.69, 9.17) is 15.0 Å². The summed E-state index contributed by atoms with van der Waals surface area (Å²) >= 11 is 3.40. The Bertz CT molecular complexity index is 1670. The molecular weight excluding hydrogens is 627 g/mol. The molecule has 5 N–H and O–H groups in total. The minimum absolute atomic E-state index is 0.0192. The number of halogens is 2. The number of nitrogens with two attached hydrogens (primary N) is 1. The number of urea groups is 1. The molecule has 0 bridgehead atoms. The zero-order valence-electron chi connectivity index (χ0n) is 22.8. The van der Waals surface area contributed by atoms with Crippen molar-refractivity contribution in [1.29, 1.82) is 0 Å². The van der Waals surface area contributed by atoms with Crippen molar-refractivity contribution in [2.45, 2.75) is 37.3 Å². The highest BCUT2D eigenvalue weighted by atomic mass is 79.9. The van der Waals surface area contributed by atoms with Crippen molar-refractivity contribution in [3.63, 3.8) is 0 Å². The molecule has 2 saturated heterocycles. The van der Waals surface area contributed by atoms with E-state index in [-0.39, 0.29) is 50.9 Å². The summed E-state index contributed by atoms with van der Waals surface area (Å²) in [5, 5.41) is 17.0. The van der Waals surface area contributed by atoms with Gasteiger partial charge in [0.05, 0.1) is 43.4 Å². The lowest BCUT2D eigenvalue weighted by atomic mass is 9.93. The fraction of sp³-hybridized carbons (Fsp3) is 0.321. The van der Waals surface area contributed by atoms with E-state index < -0.39 is 29.7 Å². The molecule has 6 rings (SSSR count). The Hall–Kier alpha value is -4.34. The molecule has 0 aliphatic carbocycles. The number of hydrogen-bond acceptors (Lipinski definition) is 8. The summed E-state index contributed by atoms with van der Waals surface area (Å²) in [6.45, 7) is 0.934. The van der Waals surface area contributed by atoms with Crippen LogP contribution in [0.2, 0.25) is 0 Å². The molecule has 2 fully saturated rings. The van der Waals surface area contributed by atoms with E-state index in [1.807, 2.05) is 11.0 Å². The smallest absolute Gasteiger partial charge is 0.319 e. The van der Waals surface area contributed by atoms with Crippen LogP contribution in [-0.4, -0.2) is 75.2 Å². The number of amides is 4. The number of nitrogens with one attached hydrogen (secondary N) is 3. The monoisotopic (exact) mass is 654 g/mol. The Kier molecular flexibility index (Phi) is 7.85. The average Bonchev–Trinajstić information content (AvgIpc) is 3.69. The zero-order chi connectivity index (χ0) is 30.1. The Morgan fingerprint density at radius 1 is 1.12 bits per heavy atom. The van der Waals surface area contributed by atoms with Crippen LogP contribution in [0.1, 0.15) is 22.6 Å². The van der Waals surface area contributed by atoms with Gasteiger partial charge in [-0.2, -0.15) is 5.10 Å². The number of anilines is 2. The maximum atomic E-state index is 14.9. The highest BCUT2D eigenvalue weighted by Crippen LogP contribution is 2.37. The van der Waals surface area contributed by atoms with Crippen LogP contribution in [0.25, 0.3) is 10.9 Å². The molecule has 0 saturated carbocycles. The van der Waals surface area contributed by atoms with Crippen molar-refractivity contribution in [3.8, 4) is 0 Å². The van der Waals surface area contributed by atoms with Crippen LogP contribution in [0.3, 0.4) is 0 Å². The van der Waals surface area contributed by atoms with E-state index in [1.165, 1.54) is 6.26 Å². The van der Waals surface area contributed by atoms with Gasteiger partial charge in [-0.25, -0.2) is 9.18 Å². The van der Waals surface area contributed by atoms with E-state index in [0.29, 0.717) is 28.0 Å². The third-order valence-corrected chi connectivity index (χ3v) is 8.10. The summed E-state index contributed by atoms with van der Waals surface area (Å²) in [4.78, 5) is 40.0. The first-order valence-corrected chi connectivity index (χ1v) is 14.3. The summed E-state index contributed by atoms with van der Waals surface area (Å²) < 4.78 is 27.7. The number of likely N-dealkylation sites (tertiary alicyclic amines) is 1. The minimum Gasteiger partial charge on any atom is -0.377 e. The van der Waals surface area contributed by atoms with Gasteiger partial charge in [0.1, 0.15) is 18.1 Å². The Morgan fingerprint density at radius 3 is 2.63 bits per heavy atom. The molecular formula is C28H28BrFN8O5. The predicted octanol–water partition coefficient (Wildman–Crippen LogP) is 3.03. The average molecular weight is 655 g/mol. The fourth-order valence-electron chi connectivity index (χ4n) is 5.55. The molecule has 2 atom stereocenters. The van der Waals surface area contributed by atoms with Crippen LogP contribution in [0.4, 0.5) is 20.6 Å². The third-order valence-electron chi connectivity index (χ3n) is 7.60. The van der Waals surface area contributed by atoms with E-state index in [0.717, 1.165) is 4.47 Å². The Balaban J connectivity index is 1.23. The lowest BCUT2D eigenvalue weighted by Gasteiger charge is -2.49. The van der Waals surface area contributed by atoms with Gasteiger partial charge in [-0.05, 0) is 36.4 Å². The molecule has 4 amide bonds. The van der Waals surface area contributed by atoms with Crippen molar-refractivity contribution in [2.75, 3.05) is 30.4 Å². The van der Waals surface area contributed by atoms with E-state index in [2.05, 4.69) is 42.1 Å². The quantitative estimate of drug-likeness (QED) is 0.213. The highest BCUT2D eigenvalue weighted by molar-refractivity contribution is 9.10. The molecule has 15 heteroatoms. The maximum absolute atomic E-state index is 14.9. The zero-order valence-corrected chi connectivity index (χ0v) is 24.3. The molecule has 2 aliphatic rings. The largest absolute Gasteiger partial charge is 0.377 e. The van der Waals surface area contributed by atoms with Gasteiger partial charge >= 0.3 is 6.03 Å². The number of rotatable bonds is 9. The van der Waals surface area contributed by atoms with Crippen LogP contribution in [0, 0.1) is 0 Å². The van der Waals surface area contributed by atoms with Gasteiger partial charge in [-0.1, -0.05) is 27.2 Å². The summed E-state index contributed by atoms with van der Waals surface area (Å²) in [5.41, 5.74) is 7.10. The predicted molar refractivity (Wildman–Crippen MR) is 157 cm³/mol. The normalized spacial score (nSPS) is 19.6. The van der Waals surface area contributed by atoms with Crippen LogP contribution in [-0.2, 0) is 22.6 Å². The number of aromatic nitrogens is 3. The number of nitrogens with zero attached hydrogens (tertiary/aromatic N) is 4. The molecule has 224 valence electrons. The Morgan fingerprint density at radius 2 is 1.93 bits per heavy atom. The fourth-order valence-corrected chi connectivity index (χ4v) is 5.95. The number of carbonyl (C=O) groups excluding carboxylic acids is 3. The second kappa shape index (κ2) is 11.7. The van der Waals surface area contributed by atoms with Crippen molar-refractivity contribution in [2.24, 2.45) is 5.73 Å². The van der Waals surface area contributed by atoms with Gasteiger partial charge < -0.3 is 30.9 Å². The van der Waals surface area contributed by atoms with Crippen molar-refractivity contribution < 1.29 is 28.0 Å². The van der Waals surface area contributed by atoms with E-state index in [1.54, 1.807) is 47.1 Å². The molecule has 13 nitrogen and oxygen atoms in total. The molecule has 2 aromatic heterocycles. The first-order valence-electron chi connectivity index (χ1n) is 13.5. The van der Waals surface area contributed by atoms with Gasteiger partial charge in [0.15, 0.2) is 5.69 Å². The van der Waals surface area contributed by atoms with Crippen molar-refractivity contribution >= 4 is 56.1 Å². The van der Waals surface area contributed by atoms with Gasteiger partial charge in [0.25, 0.3) is 5.91 Å². The number of ether oxygens (including phenoxy) is 1. The molecule has 43 heavy (non-hydrogen) atoms. The summed E-state index contributed by atoms with van der Waals surface area (Å²) in [6, 6.07) is 12.6. The molecule has 0 radical (unpaired) electrons. The first-order chi connectivity index (χ1) is 20.7. The SMILES string of the molecule is NC(=O)c1nn(CC2(N3C[C@H](F)C[C@H]3C(=O)Nc3cccc(Br)c3)COC2)c2ccc(NC(=O)NCc3ccon3)cc12. The summed E-state index contributed by atoms with van der Waals surface area (Å²) in [6.07, 6.45) is 0.252. The lowest BCUT2D eigenvalue weighted by Crippen LogP contribution is -2.67. The minimum atomic E-state index is -1.20. The molecule has 2 aromatic carbocycles. The van der Waals surface area contributed by atoms with Gasteiger partial charge in [0.2, 0.25) is 5.91 Å². The number of hydrogen-bond donors (Lipinski definition) is 4. The maximum Gasteiger partial charge on any atom is 0.319 e. The van der Waals surface area contributed by atoms with E-state index >= 15 is 0 Å². The highest BCUT2D eigenvalue weighted by Gasteiger charge is 2.53. The number of benzene rings is 2. The van der Waals surface area contributed by atoms with Crippen LogP contribution in [0.5, 0.6) is 0 Å². The Labute approximate surface area is 253 Å². The molecule has 0 unspecified atom stereocenters. The number of fused-ring (bicyclic) bond motifs is 1. The summed E-state index contributed by atoms with van der Waals surface area (Å²) in [7, 11) is 0. The molecule has 0 spiro atoms. The number of carbonyl (C=O) groups is 3. The summed E-state index contributed by atoms with van der Waals surface area (Å²) in [5.74, 6) is -1.06.